The van der Waals surface area contributed by atoms with E-state index in [9.17, 15) is 14.4 Å². The summed E-state index contributed by atoms with van der Waals surface area (Å²) in [5, 5.41) is 5.67. The molecule has 0 unspecified atom stereocenters. The van der Waals surface area contributed by atoms with Gasteiger partial charge in [0.05, 0.1) is 0 Å². The Hall–Kier alpha value is -2.05. The minimum Gasteiger partial charge on any atom is -0.381 e. The predicted octanol–water partition coefficient (Wildman–Crippen LogP) is 0.390. The number of anilines is 2. The molecule has 0 saturated heterocycles. The van der Waals surface area contributed by atoms with Crippen LogP contribution in [0.15, 0.2) is 9.59 Å². The maximum Gasteiger partial charge on any atom is 0.332 e. The fourth-order valence-electron chi connectivity index (χ4n) is 2.13. The van der Waals surface area contributed by atoms with Crippen molar-refractivity contribution in [2.24, 2.45) is 7.05 Å². The zero-order valence-electron chi connectivity index (χ0n) is 12.4. The van der Waals surface area contributed by atoms with Crippen molar-refractivity contribution in [3.63, 3.8) is 0 Å². The molecule has 0 aliphatic carbocycles. The summed E-state index contributed by atoms with van der Waals surface area (Å²) < 4.78 is 2.60. The first-order chi connectivity index (χ1) is 9.43. The summed E-state index contributed by atoms with van der Waals surface area (Å²) >= 11 is 0. The Morgan fingerprint density at radius 3 is 2.30 bits per heavy atom. The molecule has 0 aliphatic rings. The Labute approximate surface area is 117 Å². The first kappa shape index (κ1) is 16.0. The van der Waals surface area contributed by atoms with E-state index >= 15 is 0 Å². The van der Waals surface area contributed by atoms with Gasteiger partial charge in [-0.25, -0.2) is 4.79 Å². The second kappa shape index (κ2) is 6.93. The lowest BCUT2D eigenvalue weighted by molar-refractivity contribution is -0.117. The van der Waals surface area contributed by atoms with Gasteiger partial charge in [0.15, 0.2) is 0 Å². The van der Waals surface area contributed by atoms with E-state index in [2.05, 4.69) is 10.6 Å². The first-order valence-corrected chi connectivity index (χ1v) is 6.62. The third-order valence-electron chi connectivity index (χ3n) is 3.20. The van der Waals surface area contributed by atoms with E-state index in [-0.39, 0.29) is 17.0 Å². The highest BCUT2D eigenvalue weighted by atomic mass is 16.2. The summed E-state index contributed by atoms with van der Waals surface area (Å²) in [6.07, 6.45) is 1.77. The molecule has 0 aromatic carbocycles. The Kier molecular flexibility index (Phi) is 5.54. The van der Waals surface area contributed by atoms with Crippen molar-refractivity contribution in [2.45, 2.75) is 32.7 Å². The van der Waals surface area contributed by atoms with Crippen molar-refractivity contribution in [1.82, 2.24) is 9.13 Å². The Bertz CT molecular complexity index is 601. The molecule has 20 heavy (non-hydrogen) atoms. The van der Waals surface area contributed by atoms with Crippen LogP contribution in [-0.4, -0.2) is 29.0 Å². The molecular formula is C13H22N4O3. The van der Waals surface area contributed by atoms with Gasteiger partial charge in [-0.2, -0.15) is 0 Å². The van der Waals surface area contributed by atoms with Gasteiger partial charge in [-0.15, -0.1) is 0 Å². The van der Waals surface area contributed by atoms with Crippen LogP contribution in [0.2, 0.25) is 0 Å². The molecule has 0 aliphatic heterocycles. The zero-order valence-corrected chi connectivity index (χ0v) is 12.4. The molecule has 1 aromatic heterocycles. The number of nitrogens with one attached hydrogen (secondary N) is 2. The number of aromatic nitrogens is 2. The van der Waals surface area contributed by atoms with Crippen molar-refractivity contribution in [2.75, 3.05) is 24.7 Å². The van der Waals surface area contributed by atoms with Gasteiger partial charge in [-0.1, -0.05) is 0 Å². The molecule has 0 fully saturated rings. The lowest BCUT2D eigenvalue weighted by atomic mass is 10.2. The number of carbonyl (C=O) groups is 1. The number of nitrogens with zero attached hydrogens (tertiary/aromatic N) is 2. The zero-order chi connectivity index (χ0) is 15.3. The molecule has 0 amide bonds. The first-order valence-electron chi connectivity index (χ1n) is 6.62. The van der Waals surface area contributed by atoms with E-state index in [4.69, 9.17) is 0 Å². The van der Waals surface area contributed by atoms with Gasteiger partial charge in [-0.3, -0.25) is 13.9 Å². The maximum absolute atomic E-state index is 12.3. The summed E-state index contributed by atoms with van der Waals surface area (Å²) in [7, 11) is 4.91. The van der Waals surface area contributed by atoms with Gasteiger partial charge in [0.2, 0.25) is 0 Å². The average molecular weight is 282 g/mol. The van der Waals surface area contributed by atoms with Crippen LogP contribution in [0.5, 0.6) is 0 Å². The number of hydrogen-bond acceptors (Lipinski definition) is 5. The average Bonchev–Trinajstić information content (AvgIpc) is 2.41. The molecule has 0 radical (unpaired) electrons. The van der Waals surface area contributed by atoms with Gasteiger partial charge in [0.1, 0.15) is 17.3 Å². The fraction of sp³-hybridized carbons (Fsp3) is 0.615. The van der Waals surface area contributed by atoms with Crippen LogP contribution >= 0.6 is 0 Å². The van der Waals surface area contributed by atoms with E-state index < -0.39 is 0 Å². The summed E-state index contributed by atoms with van der Waals surface area (Å²) in [4.78, 5) is 35.3. The monoisotopic (exact) mass is 282 g/mol. The summed E-state index contributed by atoms with van der Waals surface area (Å²) in [6, 6.07) is 0. The molecule has 7 nitrogen and oxygen atoms in total. The second-order valence-corrected chi connectivity index (χ2v) is 4.68. The SMILES string of the molecule is CNc1c(NC)n(C)c(=O)n(CCCCC(C)=O)c1=O. The highest BCUT2D eigenvalue weighted by Crippen LogP contribution is 2.12. The number of Topliss-reactive ketones (excluding diaryl/α,β-unsaturated/α-hetero) is 1. The summed E-state index contributed by atoms with van der Waals surface area (Å²) in [5.74, 6) is 0.578. The van der Waals surface area contributed by atoms with E-state index in [1.807, 2.05) is 0 Å². The topological polar surface area (TPSA) is 85.1 Å². The third kappa shape index (κ3) is 3.28. The number of ketones is 1. The molecule has 2 N–H and O–H groups in total. The highest BCUT2D eigenvalue weighted by molar-refractivity contribution is 5.75. The Balaban J connectivity index is 3.08. The Morgan fingerprint density at radius 2 is 1.80 bits per heavy atom. The fourth-order valence-corrected chi connectivity index (χ4v) is 2.13. The van der Waals surface area contributed by atoms with Crippen LogP contribution < -0.4 is 21.9 Å². The van der Waals surface area contributed by atoms with Crippen molar-refractivity contribution in [3.05, 3.63) is 20.8 Å². The van der Waals surface area contributed by atoms with Crippen LogP contribution in [0.25, 0.3) is 0 Å². The smallest absolute Gasteiger partial charge is 0.332 e. The van der Waals surface area contributed by atoms with Crippen molar-refractivity contribution in [3.8, 4) is 0 Å². The number of hydrogen-bond donors (Lipinski definition) is 2. The molecule has 112 valence electrons. The van der Waals surface area contributed by atoms with Crippen molar-refractivity contribution in [1.29, 1.82) is 0 Å². The molecule has 0 spiro atoms. The number of carbonyl (C=O) groups excluding carboxylic acids is 1. The molecule has 0 atom stereocenters. The number of rotatable bonds is 7. The standard InChI is InChI=1S/C13H22N4O3/c1-9(18)7-5-6-8-17-12(19)10(14-2)11(15-3)16(4)13(17)20/h14-15H,5-8H2,1-4H3. The van der Waals surface area contributed by atoms with Crippen LogP contribution in [0.4, 0.5) is 11.5 Å². The van der Waals surface area contributed by atoms with Gasteiger partial charge < -0.3 is 15.4 Å². The second-order valence-electron chi connectivity index (χ2n) is 4.68. The van der Waals surface area contributed by atoms with E-state index in [0.717, 1.165) is 0 Å². The van der Waals surface area contributed by atoms with Crippen molar-refractivity contribution >= 4 is 17.3 Å². The van der Waals surface area contributed by atoms with Crippen LogP contribution in [0, 0.1) is 0 Å². The number of unbranched alkanes of at least 4 members (excludes halogenated alkanes) is 1. The lowest BCUT2D eigenvalue weighted by Gasteiger charge is -2.15. The lowest BCUT2D eigenvalue weighted by Crippen LogP contribution is -2.41. The molecule has 1 heterocycles. The summed E-state index contributed by atoms with van der Waals surface area (Å²) in [6.45, 7) is 1.85. The normalized spacial score (nSPS) is 10.4. The molecule has 0 bridgehead atoms. The molecule has 7 heteroatoms. The largest absolute Gasteiger partial charge is 0.381 e. The highest BCUT2D eigenvalue weighted by Gasteiger charge is 2.14. The van der Waals surface area contributed by atoms with Gasteiger partial charge in [0.25, 0.3) is 5.56 Å². The van der Waals surface area contributed by atoms with E-state index in [0.29, 0.717) is 37.3 Å². The van der Waals surface area contributed by atoms with Gasteiger partial charge >= 0.3 is 5.69 Å². The van der Waals surface area contributed by atoms with E-state index in [1.165, 1.54) is 16.1 Å². The van der Waals surface area contributed by atoms with E-state index in [1.54, 1.807) is 21.1 Å². The maximum atomic E-state index is 12.3. The molecule has 1 aromatic rings. The minimum atomic E-state index is -0.360. The van der Waals surface area contributed by atoms with Crippen LogP contribution in [0.1, 0.15) is 26.2 Å². The molecule has 1 rings (SSSR count). The van der Waals surface area contributed by atoms with Gasteiger partial charge in [0, 0.05) is 34.1 Å². The van der Waals surface area contributed by atoms with Gasteiger partial charge in [-0.05, 0) is 19.8 Å². The third-order valence-corrected chi connectivity index (χ3v) is 3.20. The molecule has 0 saturated carbocycles. The quantitative estimate of drug-likeness (QED) is 0.707. The minimum absolute atomic E-state index is 0.117. The van der Waals surface area contributed by atoms with Crippen LogP contribution in [0.3, 0.4) is 0 Å². The molecular weight excluding hydrogens is 260 g/mol. The summed E-state index contributed by atoms with van der Waals surface area (Å²) in [5.41, 5.74) is -0.342. The van der Waals surface area contributed by atoms with Crippen LogP contribution in [-0.2, 0) is 18.4 Å². The predicted molar refractivity (Wildman–Crippen MR) is 79.6 cm³/mol. The van der Waals surface area contributed by atoms with Crippen molar-refractivity contribution < 1.29 is 4.79 Å². The Morgan fingerprint density at radius 1 is 1.15 bits per heavy atom.